The Morgan fingerprint density at radius 1 is 1.10 bits per heavy atom. The Morgan fingerprint density at radius 2 is 2.00 bits per heavy atom. The van der Waals surface area contributed by atoms with Crippen LogP contribution < -0.4 is 5.32 Å². The fourth-order valence-corrected chi connectivity index (χ4v) is 3.81. The van der Waals surface area contributed by atoms with Gasteiger partial charge in [0.2, 0.25) is 0 Å². The van der Waals surface area contributed by atoms with E-state index in [1.54, 1.807) is 4.68 Å². The summed E-state index contributed by atoms with van der Waals surface area (Å²) in [6.07, 6.45) is 1.54. The molecule has 1 saturated heterocycles. The molecule has 0 bridgehead atoms. The maximum absolute atomic E-state index is 6.01. The molecule has 1 aliphatic heterocycles. The van der Waals surface area contributed by atoms with Gasteiger partial charge in [0.05, 0.1) is 24.9 Å². The first-order valence-corrected chi connectivity index (χ1v) is 10.4. The average Bonchev–Trinajstić information content (AvgIpc) is 3.19. The van der Waals surface area contributed by atoms with Crippen molar-refractivity contribution in [2.75, 3.05) is 25.0 Å². The fourth-order valence-electron chi connectivity index (χ4n) is 3.81. The molecule has 0 saturated carbocycles. The zero-order chi connectivity index (χ0) is 21.0. The first-order chi connectivity index (χ1) is 15.2. The van der Waals surface area contributed by atoms with Gasteiger partial charge in [0.25, 0.3) is 0 Å². The van der Waals surface area contributed by atoms with Gasteiger partial charge >= 0.3 is 0 Å². The SMILES string of the molecule is Cc1cccc(CN2CCO[C@H](Cn3nnc4c(Nc5ccccc5)ncnc43)C2)n1. The molecule has 1 atom stereocenters. The maximum Gasteiger partial charge on any atom is 0.183 e. The lowest BCUT2D eigenvalue weighted by molar-refractivity contribution is -0.0402. The van der Waals surface area contributed by atoms with E-state index in [0.717, 1.165) is 36.7 Å². The molecule has 1 fully saturated rings. The minimum absolute atomic E-state index is 0.00366. The third-order valence-corrected chi connectivity index (χ3v) is 5.27. The molecule has 1 N–H and O–H groups in total. The summed E-state index contributed by atoms with van der Waals surface area (Å²) < 4.78 is 7.81. The van der Waals surface area contributed by atoms with E-state index in [4.69, 9.17) is 4.74 Å². The van der Waals surface area contributed by atoms with Crippen molar-refractivity contribution in [1.82, 2.24) is 34.8 Å². The van der Waals surface area contributed by atoms with E-state index in [2.05, 4.69) is 47.6 Å². The Kier molecular flexibility index (Phi) is 5.51. The third-order valence-electron chi connectivity index (χ3n) is 5.27. The monoisotopic (exact) mass is 416 g/mol. The number of rotatable bonds is 6. The van der Waals surface area contributed by atoms with Crippen LogP contribution in [0.15, 0.2) is 54.9 Å². The summed E-state index contributed by atoms with van der Waals surface area (Å²) in [4.78, 5) is 15.7. The van der Waals surface area contributed by atoms with Gasteiger partial charge in [-0.05, 0) is 31.2 Å². The molecule has 3 aromatic heterocycles. The highest BCUT2D eigenvalue weighted by Gasteiger charge is 2.23. The van der Waals surface area contributed by atoms with Crippen molar-refractivity contribution < 1.29 is 4.74 Å². The molecule has 0 amide bonds. The second-order valence-electron chi connectivity index (χ2n) is 7.66. The van der Waals surface area contributed by atoms with Crippen LogP contribution in [-0.4, -0.2) is 60.6 Å². The number of fused-ring (bicyclic) bond motifs is 1. The van der Waals surface area contributed by atoms with E-state index < -0.39 is 0 Å². The molecule has 1 aliphatic rings. The number of anilines is 2. The quantitative estimate of drug-likeness (QED) is 0.513. The van der Waals surface area contributed by atoms with Crippen molar-refractivity contribution in [2.24, 2.45) is 0 Å². The number of aryl methyl sites for hydroxylation is 1. The number of aromatic nitrogens is 6. The van der Waals surface area contributed by atoms with Gasteiger partial charge in [0, 0.05) is 31.0 Å². The molecule has 1 aromatic carbocycles. The van der Waals surface area contributed by atoms with Gasteiger partial charge < -0.3 is 10.1 Å². The molecule has 4 aromatic rings. The minimum Gasteiger partial charge on any atom is -0.374 e. The molecule has 0 radical (unpaired) electrons. The van der Waals surface area contributed by atoms with E-state index in [1.165, 1.54) is 6.33 Å². The van der Waals surface area contributed by atoms with E-state index in [1.807, 2.05) is 43.3 Å². The first kappa shape index (κ1) is 19.5. The van der Waals surface area contributed by atoms with Gasteiger partial charge in [-0.2, -0.15) is 0 Å². The summed E-state index contributed by atoms with van der Waals surface area (Å²) in [5.41, 5.74) is 4.39. The second kappa shape index (κ2) is 8.75. The van der Waals surface area contributed by atoms with Crippen LogP contribution in [-0.2, 0) is 17.8 Å². The Bertz CT molecular complexity index is 1160. The number of benzene rings is 1. The summed E-state index contributed by atoms with van der Waals surface area (Å²) in [6.45, 7) is 5.78. The smallest absolute Gasteiger partial charge is 0.183 e. The molecule has 0 aliphatic carbocycles. The lowest BCUT2D eigenvalue weighted by Crippen LogP contribution is -2.44. The molecule has 31 heavy (non-hydrogen) atoms. The number of para-hydroxylation sites is 1. The van der Waals surface area contributed by atoms with Crippen LogP contribution in [0.25, 0.3) is 11.2 Å². The van der Waals surface area contributed by atoms with E-state index in [9.17, 15) is 0 Å². The molecule has 0 unspecified atom stereocenters. The predicted molar refractivity (Wildman–Crippen MR) is 117 cm³/mol. The van der Waals surface area contributed by atoms with E-state index >= 15 is 0 Å². The summed E-state index contributed by atoms with van der Waals surface area (Å²) in [5.74, 6) is 0.638. The van der Waals surface area contributed by atoms with Crippen LogP contribution in [0, 0.1) is 6.92 Å². The van der Waals surface area contributed by atoms with Gasteiger partial charge in [0.15, 0.2) is 17.0 Å². The molecule has 0 spiro atoms. The highest BCUT2D eigenvalue weighted by Crippen LogP contribution is 2.21. The van der Waals surface area contributed by atoms with E-state index in [-0.39, 0.29) is 6.10 Å². The van der Waals surface area contributed by atoms with Crippen molar-refractivity contribution in [3.63, 3.8) is 0 Å². The van der Waals surface area contributed by atoms with Gasteiger partial charge in [-0.1, -0.05) is 29.5 Å². The molecule has 9 heteroatoms. The fraction of sp³-hybridized carbons (Fsp3) is 0.318. The molecule has 158 valence electrons. The Balaban J connectivity index is 1.29. The number of ether oxygens (including phenoxy) is 1. The first-order valence-electron chi connectivity index (χ1n) is 10.4. The minimum atomic E-state index is 0.00366. The number of morpholine rings is 1. The van der Waals surface area contributed by atoms with E-state index in [0.29, 0.717) is 30.1 Å². The summed E-state index contributed by atoms with van der Waals surface area (Å²) in [7, 11) is 0. The third kappa shape index (κ3) is 4.52. The molecule has 5 rings (SSSR count). The zero-order valence-corrected chi connectivity index (χ0v) is 17.3. The number of nitrogens with one attached hydrogen (secondary N) is 1. The standard InChI is InChI=1S/C22H24N8O/c1-16-6-5-9-18(25-16)12-29-10-11-31-19(13-29)14-30-22-20(27-28-30)21(23-15-24-22)26-17-7-3-2-4-8-17/h2-9,15,19H,10-14H2,1H3,(H,23,24,26)/t19-/m0/s1. The van der Waals surface area contributed by atoms with Crippen molar-refractivity contribution >= 4 is 22.7 Å². The van der Waals surface area contributed by atoms with Gasteiger partial charge in [-0.3, -0.25) is 9.88 Å². The van der Waals surface area contributed by atoms with Crippen LogP contribution in [0.2, 0.25) is 0 Å². The molecule has 4 heterocycles. The van der Waals surface area contributed by atoms with Gasteiger partial charge in [-0.15, -0.1) is 5.10 Å². The van der Waals surface area contributed by atoms with Crippen LogP contribution >= 0.6 is 0 Å². The Labute approximate surface area is 180 Å². The largest absolute Gasteiger partial charge is 0.374 e. The van der Waals surface area contributed by atoms with Gasteiger partial charge in [0.1, 0.15) is 6.33 Å². The van der Waals surface area contributed by atoms with Crippen LogP contribution in [0.4, 0.5) is 11.5 Å². The number of pyridine rings is 1. The Hall–Kier alpha value is -3.43. The lowest BCUT2D eigenvalue weighted by Gasteiger charge is -2.32. The molecule has 9 nitrogen and oxygen atoms in total. The normalized spacial score (nSPS) is 17.1. The van der Waals surface area contributed by atoms with Crippen molar-refractivity contribution in [3.05, 3.63) is 66.2 Å². The highest BCUT2D eigenvalue weighted by molar-refractivity contribution is 5.84. The summed E-state index contributed by atoms with van der Waals surface area (Å²) >= 11 is 0. The topological polar surface area (TPSA) is 93.9 Å². The lowest BCUT2D eigenvalue weighted by atomic mass is 10.2. The average molecular weight is 416 g/mol. The number of hydrogen-bond donors (Lipinski definition) is 1. The summed E-state index contributed by atoms with van der Waals surface area (Å²) in [5, 5.41) is 11.9. The second-order valence-corrected chi connectivity index (χ2v) is 7.66. The van der Waals surface area contributed by atoms with Crippen LogP contribution in [0.1, 0.15) is 11.4 Å². The molecular weight excluding hydrogens is 392 g/mol. The van der Waals surface area contributed by atoms with Crippen molar-refractivity contribution in [2.45, 2.75) is 26.1 Å². The molecular formula is C22H24N8O. The van der Waals surface area contributed by atoms with Gasteiger partial charge in [-0.25, -0.2) is 14.6 Å². The van der Waals surface area contributed by atoms with Crippen LogP contribution in [0.3, 0.4) is 0 Å². The number of hydrogen-bond acceptors (Lipinski definition) is 8. The summed E-state index contributed by atoms with van der Waals surface area (Å²) in [6, 6.07) is 16.0. The highest BCUT2D eigenvalue weighted by atomic mass is 16.5. The Morgan fingerprint density at radius 3 is 2.87 bits per heavy atom. The zero-order valence-electron chi connectivity index (χ0n) is 17.3. The van der Waals surface area contributed by atoms with Crippen LogP contribution in [0.5, 0.6) is 0 Å². The van der Waals surface area contributed by atoms with Crippen molar-refractivity contribution in [3.8, 4) is 0 Å². The van der Waals surface area contributed by atoms with Crippen molar-refractivity contribution in [1.29, 1.82) is 0 Å². The maximum atomic E-state index is 6.01. The number of nitrogens with zero attached hydrogens (tertiary/aromatic N) is 7. The predicted octanol–water partition coefficient (Wildman–Crippen LogP) is 2.57.